The molecule has 1 aromatic carbocycles. The average molecular weight is 292 g/mol. The van der Waals surface area contributed by atoms with Crippen molar-refractivity contribution in [2.75, 3.05) is 5.32 Å². The maximum Gasteiger partial charge on any atom is 0.0480 e. The maximum absolute atomic E-state index is 3.79. The van der Waals surface area contributed by atoms with Crippen LogP contribution in [0.5, 0.6) is 0 Å². The van der Waals surface area contributed by atoms with E-state index in [9.17, 15) is 0 Å². The van der Waals surface area contributed by atoms with Gasteiger partial charge in [-0.15, -0.1) is 11.8 Å². The minimum atomic E-state index is 0.625. The van der Waals surface area contributed by atoms with Gasteiger partial charge in [0.15, 0.2) is 0 Å². The third-order valence-electron chi connectivity index (χ3n) is 4.24. The highest BCUT2D eigenvalue weighted by Crippen LogP contribution is 2.38. The smallest absolute Gasteiger partial charge is 0.0480 e. The van der Waals surface area contributed by atoms with Gasteiger partial charge in [0.1, 0.15) is 0 Å². The van der Waals surface area contributed by atoms with E-state index in [2.05, 4.69) is 55.2 Å². The van der Waals surface area contributed by atoms with Gasteiger partial charge in [-0.1, -0.05) is 51.7 Å². The molecule has 0 aliphatic heterocycles. The van der Waals surface area contributed by atoms with Gasteiger partial charge in [-0.2, -0.15) is 0 Å². The number of rotatable bonds is 8. The maximum atomic E-state index is 3.79. The monoisotopic (exact) mass is 291 g/mol. The standard InChI is InChI=1S/C18H29NS/c1-3-5-10-15(4-2)19-17-13-8-9-14-18(17)20-16-11-6-7-12-16/h8-9,13-16,19H,3-7,10-12H2,1-2H3. The van der Waals surface area contributed by atoms with E-state index in [1.165, 1.54) is 61.9 Å². The van der Waals surface area contributed by atoms with Gasteiger partial charge in [-0.3, -0.25) is 0 Å². The molecule has 2 heteroatoms. The largest absolute Gasteiger partial charge is 0.381 e. The van der Waals surface area contributed by atoms with Gasteiger partial charge >= 0.3 is 0 Å². The number of benzene rings is 1. The normalized spacial score (nSPS) is 17.3. The summed E-state index contributed by atoms with van der Waals surface area (Å²) in [6, 6.07) is 9.51. The predicted molar refractivity (Wildman–Crippen MR) is 91.8 cm³/mol. The lowest BCUT2D eigenvalue weighted by molar-refractivity contribution is 0.592. The fraction of sp³-hybridized carbons (Fsp3) is 0.667. The van der Waals surface area contributed by atoms with Crippen molar-refractivity contribution in [3.63, 3.8) is 0 Å². The van der Waals surface area contributed by atoms with Crippen LogP contribution in [-0.4, -0.2) is 11.3 Å². The Morgan fingerprint density at radius 3 is 2.65 bits per heavy atom. The first-order valence-electron chi connectivity index (χ1n) is 8.35. The number of para-hydroxylation sites is 1. The average Bonchev–Trinajstić information content (AvgIpc) is 2.98. The number of hydrogen-bond donors (Lipinski definition) is 1. The third kappa shape index (κ3) is 4.73. The SMILES string of the molecule is CCCCC(CC)Nc1ccccc1SC1CCCC1. The molecule has 1 aromatic rings. The number of unbranched alkanes of at least 4 members (excludes halogenated alkanes) is 1. The van der Waals surface area contributed by atoms with Gasteiger partial charge in [0.2, 0.25) is 0 Å². The molecule has 1 N–H and O–H groups in total. The third-order valence-corrected chi connectivity index (χ3v) is 5.66. The topological polar surface area (TPSA) is 12.0 Å². The first-order valence-corrected chi connectivity index (χ1v) is 9.23. The summed E-state index contributed by atoms with van der Waals surface area (Å²) in [7, 11) is 0. The summed E-state index contributed by atoms with van der Waals surface area (Å²) >= 11 is 2.09. The summed E-state index contributed by atoms with van der Waals surface area (Å²) in [5.74, 6) is 0. The first kappa shape index (κ1) is 15.8. The van der Waals surface area contributed by atoms with E-state index in [1.54, 1.807) is 0 Å². The molecule has 112 valence electrons. The van der Waals surface area contributed by atoms with Crippen molar-refractivity contribution < 1.29 is 0 Å². The molecular formula is C18H29NS. The van der Waals surface area contributed by atoms with Crippen molar-refractivity contribution in [2.45, 2.75) is 81.4 Å². The molecule has 1 atom stereocenters. The molecule has 1 nitrogen and oxygen atoms in total. The molecule has 0 bridgehead atoms. The van der Waals surface area contributed by atoms with Crippen LogP contribution in [0.15, 0.2) is 29.2 Å². The van der Waals surface area contributed by atoms with E-state index in [0.717, 1.165) is 5.25 Å². The molecular weight excluding hydrogens is 262 g/mol. The zero-order chi connectivity index (χ0) is 14.2. The van der Waals surface area contributed by atoms with Crippen LogP contribution in [0.3, 0.4) is 0 Å². The van der Waals surface area contributed by atoms with E-state index in [-0.39, 0.29) is 0 Å². The summed E-state index contributed by atoms with van der Waals surface area (Å²) in [5.41, 5.74) is 1.35. The van der Waals surface area contributed by atoms with Crippen LogP contribution < -0.4 is 5.32 Å². The highest BCUT2D eigenvalue weighted by molar-refractivity contribution is 8.00. The number of hydrogen-bond acceptors (Lipinski definition) is 2. The number of thioether (sulfide) groups is 1. The van der Waals surface area contributed by atoms with E-state index in [4.69, 9.17) is 0 Å². The van der Waals surface area contributed by atoms with Gasteiger partial charge in [0.25, 0.3) is 0 Å². The molecule has 0 heterocycles. The van der Waals surface area contributed by atoms with Gasteiger partial charge in [-0.05, 0) is 37.8 Å². The van der Waals surface area contributed by atoms with E-state index in [0.29, 0.717) is 6.04 Å². The van der Waals surface area contributed by atoms with Crippen molar-refractivity contribution in [3.05, 3.63) is 24.3 Å². The molecule has 1 aliphatic rings. The predicted octanol–water partition coefficient (Wildman–Crippen LogP) is 6.10. The van der Waals surface area contributed by atoms with Crippen LogP contribution in [-0.2, 0) is 0 Å². The Morgan fingerprint density at radius 2 is 1.95 bits per heavy atom. The molecule has 2 rings (SSSR count). The zero-order valence-electron chi connectivity index (χ0n) is 13.0. The zero-order valence-corrected chi connectivity index (χ0v) is 13.8. The minimum absolute atomic E-state index is 0.625. The Morgan fingerprint density at radius 1 is 1.20 bits per heavy atom. The molecule has 0 saturated heterocycles. The Hall–Kier alpha value is -0.630. The molecule has 0 radical (unpaired) electrons. The Kier molecular flexibility index (Phi) is 6.78. The van der Waals surface area contributed by atoms with E-state index in [1.807, 2.05) is 0 Å². The van der Waals surface area contributed by atoms with Crippen molar-refractivity contribution in [3.8, 4) is 0 Å². The molecule has 0 aromatic heterocycles. The van der Waals surface area contributed by atoms with Crippen LogP contribution in [0.1, 0.15) is 65.2 Å². The second-order valence-corrected chi connectivity index (χ2v) is 7.25. The van der Waals surface area contributed by atoms with Crippen LogP contribution in [0.25, 0.3) is 0 Å². The minimum Gasteiger partial charge on any atom is -0.381 e. The van der Waals surface area contributed by atoms with E-state index >= 15 is 0 Å². The second-order valence-electron chi connectivity index (χ2n) is 5.91. The quantitative estimate of drug-likeness (QED) is 0.621. The molecule has 1 fully saturated rings. The summed E-state index contributed by atoms with van der Waals surface area (Å²) in [5, 5.41) is 4.63. The lowest BCUT2D eigenvalue weighted by atomic mass is 10.1. The molecule has 0 spiro atoms. The van der Waals surface area contributed by atoms with Crippen LogP contribution in [0.4, 0.5) is 5.69 Å². The molecule has 1 unspecified atom stereocenters. The van der Waals surface area contributed by atoms with Crippen molar-refractivity contribution in [2.24, 2.45) is 0 Å². The summed E-state index contributed by atoms with van der Waals surface area (Å²) in [6.45, 7) is 4.57. The Labute approximate surface area is 128 Å². The van der Waals surface area contributed by atoms with Crippen molar-refractivity contribution >= 4 is 17.4 Å². The van der Waals surface area contributed by atoms with Gasteiger partial charge < -0.3 is 5.32 Å². The lowest BCUT2D eigenvalue weighted by Crippen LogP contribution is -2.18. The molecule has 1 saturated carbocycles. The van der Waals surface area contributed by atoms with Crippen LogP contribution in [0, 0.1) is 0 Å². The summed E-state index contributed by atoms with van der Waals surface area (Å²) in [6.07, 6.45) is 10.7. The fourth-order valence-electron chi connectivity index (χ4n) is 2.92. The van der Waals surface area contributed by atoms with Crippen LogP contribution >= 0.6 is 11.8 Å². The number of nitrogens with one attached hydrogen (secondary N) is 1. The van der Waals surface area contributed by atoms with Gasteiger partial charge in [0, 0.05) is 21.9 Å². The highest BCUT2D eigenvalue weighted by Gasteiger charge is 2.18. The fourth-order valence-corrected chi connectivity index (χ4v) is 4.26. The highest BCUT2D eigenvalue weighted by atomic mass is 32.2. The van der Waals surface area contributed by atoms with Gasteiger partial charge in [0.05, 0.1) is 0 Å². The first-order chi connectivity index (χ1) is 9.83. The summed E-state index contributed by atoms with van der Waals surface area (Å²) in [4.78, 5) is 1.45. The Balaban J connectivity index is 1.98. The number of anilines is 1. The van der Waals surface area contributed by atoms with Crippen molar-refractivity contribution in [1.82, 2.24) is 0 Å². The summed E-state index contributed by atoms with van der Waals surface area (Å²) < 4.78 is 0. The van der Waals surface area contributed by atoms with Crippen molar-refractivity contribution in [1.29, 1.82) is 0 Å². The molecule has 20 heavy (non-hydrogen) atoms. The molecule has 1 aliphatic carbocycles. The molecule has 0 amide bonds. The van der Waals surface area contributed by atoms with E-state index < -0.39 is 0 Å². The Bertz CT molecular complexity index is 385. The lowest BCUT2D eigenvalue weighted by Gasteiger charge is -2.21. The second kappa shape index (κ2) is 8.61. The van der Waals surface area contributed by atoms with Gasteiger partial charge in [-0.25, -0.2) is 0 Å². The van der Waals surface area contributed by atoms with Crippen LogP contribution in [0.2, 0.25) is 0 Å².